The molecule has 6 nitrogen and oxygen atoms in total. The molecule has 0 aliphatic carbocycles. The Bertz CT molecular complexity index is 757. The monoisotopic (exact) mass is 336 g/mol. The number of anilines is 1. The predicted molar refractivity (Wildman–Crippen MR) is 96.8 cm³/mol. The Morgan fingerprint density at radius 1 is 1.24 bits per heavy atom. The van der Waals surface area contributed by atoms with Crippen molar-refractivity contribution in [1.82, 2.24) is 15.6 Å². The standard InChI is InChI=1S/C19H20N4O2/c24-18(9-6-16-3-1-2-10-20-16)22-13-15-4-7-17(8-5-15)23-12-11-21-19(25)14-23/h1-10H,11-14H2,(H,21,25)(H,22,24). The van der Waals surface area contributed by atoms with Gasteiger partial charge in [0.15, 0.2) is 0 Å². The molecule has 0 saturated carbocycles. The first-order valence-electron chi connectivity index (χ1n) is 8.18. The van der Waals surface area contributed by atoms with E-state index in [1.165, 1.54) is 6.08 Å². The molecule has 1 aliphatic rings. The summed E-state index contributed by atoms with van der Waals surface area (Å²) in [5, 5.41) is 5.65. The van der Waals surface area contributed by atoms with Crippen LogP contribution in [0.3, 0.4) is 0 Å². The van der Waals surface area contributed by atoms with Crippen molar-refractivity contribution >= 4 is 23.6 Å². The highest BCUT2D eigenvalue weighted by atomic mass is 16.2. The number of piperazine rings is 1. The number of pyridine rings is 1. The average molecular weight is 336 g/mol. The second-order valence-electron chi connectivity index (χ2n) is 5.74. The normalized spacial score (nSPS) is 14.4. The highest BCUT2D eigenvalue weighted by Crippen LogP contribution is 2.16. The van der Waals surface area contributed by atoms with E-state index in [1.807, 2.05) is 47.4 Å². The molecule has 2 N–H and O–H groups in total. The fourth-order valence-electron chi connectivity index (χ4n) is 2.57. The summed E-state index contributed by atoms with van der Waals surface area (Å²) in [6, 6.07) is 13.4. The first-order chi connectivity index (χ1) is 12.2. The fraction of sp³-hybridized carbons (Fsp3) is 0.211. The summed E-state index contributed by atoms with van der Waals surface area (Å²) >= 11 is 0. The number of carbonyl (C=O) groups is 2. The number of benzene rings is 1. The lowest BCUT2D eigenvalue weighted by atomic mass is 10.2. The molecule has 3 rings (SSSR count). The summed E-state index contributed by atoms with van der Waals surface area (Å²) in [6.45, 7) is 2.31. The zero-order valence-electron chi connectivity index (χ0n) is 13.8. The van der Waals surface area contributed by atoms with Crippen LogP contribution in [-0.4, -0.2) is 36.4 Å². The number of aromatic nitrogens is 1. The van der Waals surface area contributed by atoms with Crippen LogP contribution in [0.15, 0.2) is 54.7 Å². The summed E-state index contributed by atoms with van der Waals surface area (Å²) in [7, 11) is 0. The van der Waals surface area contributed by atoms with Crippen LogP contribution in [0.25, 0.3) is 6.08 Å². The maximum Gasteiger partial charge on any atom is 0.244 e. The number of amides is 2. The van der Waals surface area contributed by atoms with Crippen molar-refractivity contribution in [1.29, 1.82) is 0 Å². The smallest absolute Gasteiger partial charge is 0.244 e. The minimum absolute atomic E-state index is 0.0438. The highest BCUT2D eigenvalue weighted by Gasteiger charge is 2.16. The Morgan fingerprint density at radius 2 is 2.08 bits per heavy atom. The van der Waals surface area contributed by atoms with Crippen molar-refractivity contribution < 1.29 is 9.59 Å². The van der Waals surface area contributed by atoms with Crippen LogP contribution in [0.2, 0.25) is 0 Å². The number of carbonyl (C=O) groups excluding carboxylic acids is 2. The Labute approximate surface area is 146 Å². The van der Waals surface area contributed by atoms with E-state index in [9.17, 15) is 9.59 Å². The van der Waals surface area contributed by atoms with E-state index in [4.69, 9.17) is 0 Å². The summed E-state index contributed by atoms with van der Waals surface area (Å²) in [4.78, 5) is 29.5. The van der Waals surface area contributed by atoms with Crippen molar-refractivity contribution in [3.05, 3.63) is 66.0 Å². The van der Waals surface area contributed by atoms with Gasteiger partial charge in [-0.15, -0.1) is 0 Å². The molecular formula is C19H20N4O2. The third kappa shape index (κ3) is 4.91. The minimum Gasteiger partial charge on any atom is -0.360 e. The lowest BCUT2D eigenvalue weighted by Crippen LogP contribution is -2.47. The molecule has 0 radical (unpaired) electrons. The fourth-order valence-corrected chi connectivity index (χ4v) is 2.57. The molecule has 1 saturated heterocycles. The van der Waals surface area contributed by atoms with Gasteiger partial charge in [0.2, 0.25) is 11.8 Å². The van der Waals surface area contributed by atoms with Gasteiger partial charge >= 0.3 is 0 Å². The van der Waals surface area contributed by atoms with E-state index in [0.29, 0.717) is 19.6 Å². The van der Waals surface area contributed by atoms with Crippen LogP contribution < -0.4 is 15.5 Å². The zero-order chi connectivity index (χ0) is 17.5. The third-order valence-electron chi connectivity index (χ3n) is 3.90. The topological polar surface area (TPSA) is 74.3 Å². The third-order valence-corrected chi connectivity index (χ3v) is 3.90. The van der Waals surface area contributed by atoms with Crippen LogP contribution in [0.1, 0.15) is 11.3 Å². The summed E-state index contributed by atoms with van der Waals surface area (Å²) in [5.41, 5.74) is 2.76. The van der Waals surface area contributed by atoms with Gasteiger partial charge in [0.05, 0.1) is 12.2 Å². The van der Waals surface area contributed by atoms with Crippen LogP contribution >= 0.6 is 0 Å². The van der Waals surface area contributed by atoms with E-state index in [2.05, 4.69) is 15.6 Å². The largest absolute Gasteiger partial charge is 0.360 e. The molecule has 0 atom stereocenters. The number of hydrogen-bond donors (Lipinski definition) is 2. The van der Waals surface area contributed by atoms with Crippen LogP contribution in [0.5, 0.6) is 0 Å². The van der Waals surface area contributed by atoms with Gasteiger partial charge in [0.25, 0.3) is 0 Å². The van der Waals surface area contributed by atoms with Gasteiger partial charge in [-0.1, -0.05) is 18.2 Å². The number of nitrogens with zero attached hydrogens (tertiary/aromatic N) is 2. The molecule has 2 heterocycles. The summed E-state index contributed by atoms with van der Waals surface area (Å²) in [6.07, 6.45) is 4.84. The highest BCUT2D eigenvalue weighted by molar-refractivity contribution is 5.91. The second-order valence-corrected chi connectivity index (χ2v) is 5.74. The molecule has 0 unspecified atom stereocenters. The Hall–Kier alpha value is -3.15. The molecule has 6 heteroatoms. The Balaban J connectivity index is 1.50. The van der Waals surface area contributed by atoms with Gasteiger partial charge in [-0.2, -0.15) is 0 Å². The van der Waals surface area contributed by atoms with Gasteiger partial charge < -0.3 is 15.5 Å². The molecule has 1 aliphatic heterocycles. The second kappa shape index (κ2) is 8.10. The SMILES string of the molecule is O=C(C=Cc1ccccn1)NCc1ccc(N2CCNC(=O)C2)cc1. The molecular weight excluding hydrogens is 316 g/mol. The van der Waals surface area contributed by atoms with Crippen molar-refractivity contribution in [3.63, 3.8) is 0 Å². The van der Waals surface area contributed by atoms with Gasteiger partial charge in [-0.25, -0.2) is 0 Å². The number of nitrogens with one attached hydrogen (secondary N) is 2. The first kappa shape index (κ1) is 16.7. The van der Waals surface area contributed by atoms with E-state index in [0.717, 1.165) is 23.5 Å². The van der Waals surface area contributed by atoms with E-state index in [1.54, 1.807) is 12.3 Å². The maximum atomic E-state index is 11.9. The maximum absolute atomic E-state index is 11.9. The van der Waals surface area contributed by atoms with Crippen molar-refractivity contribution in [2.75, 3.05) is 24.5 Å². The van der Waals surface area contributed by atoms with Crippen LogP contribution in [0, 0.1) is 0 Å². The van der Waals surface area contributed by atoms with Gasteiger partial charge in [-0.3, -0.25) is 14.6 Å². The molecule has 2 aromatic rings. The van der Waals surface area contributed by atoms with Crippen LogP contribution in [0.4, 0.5) is 5.69 Å². The molecule has 0 bridgehead atoms. The molecule has 2 amide bonds. The van der Waals surface area contributed by atoms with E-state index < -0.39 is 0 Å². The van der Waals surface area contributed by atoms with Gasteiger partial charge in [-0.05, 0) is 35.9 Å². The first-order valence-corrected chi connectivity index (χ1v) is 8.18. The molecule has 1 aromatic carbocycles. The Kier molecular flexibility index (Phi) is 5.41. The molecule has 1 aromatic heterocycles. The molecule has 25 heavy (non-hydrogen) atoms. The predicted octanol–water partition coefficient (Wildman–Crippen LogP) is 1.35. The lowest BCUT2D eigenvalue weighted by molar-refractivity contribution is -0.120. The Morgan fingerprint density at radius 3 is 2.80 bits per heavy atom. The van der Waals surface area contributed by atoms with Crippen molar-refractivity contribution in [3.8, 4) is 0 Å². The molecule has 1 fully saturated rings. The molecule has 128 valence electrons. The van der Waals surface area contributed by atoms with Gasteiger partial charge in [0, 0.05) is 37.6 Å². The van der Waals surface area contributed by atoms with E-state index in [-0.39, 0.29) is 11.8 Å². The minimum atomic E-state index is -0.164. The zero-order valence-corrected chi connectivity index (χ0v) is 13.8. The van der Waals surface area contributed by atoms with E-state index >= 15 is 0 Å². The molecule has 0 spiro atoms. The van der Waals surface area contributed by atoms with Gasteiger partial charge in [0.1, 0.15) is 0 Å². The van der Waals surface area contributed by atoms with Crippen LogP contribution in [-0.2, 0) is 16.1 Å². The summed E-state index contributed by atoms with van der Waals surface area (Å²) in [5.74, 6) is -0.121. The number of rotatable bonds is 5. The summed E-state index contributed by atoms with van der Waals surface area (Å²) < 4.78 is 0. The van der Waals surface area contributed by atoms with Crippen molar-refractivity contribution in [2.45, 2.75) is 6.54 Å². The lowest BCUT2D eigenvalue weighted by Gasteiger charge is -2.28. The number of hydrogen-bond acceptors (Lipinski definition) is 4. The van der Waals surface area contributed by atoms with Crippen molar-refractivity contribution in [2.24, 2.45) is 0 Å². The average Bonchev–Trinajstić information content (AvgIpc) is 2.66. The quantitative estimate of drug-likeness (QED) is 0.808.